The van der Waals surface area contributed by atoms with E-state index in [4.69, 9.17) is 10.5 Å². The number of aromatic nitrogens is 3. The molecule has 8 heteroatoms. The Morgan fingerprint density at radius 3 is 2.75 bits per heavy atom. The summed E-state index contributed by atoms with van der Waals surface area (Å²) in [4.78, 5) is 29.4. The molecule has 0 aliphatic heterocycles. The molecule has 0 unspecified atom stereocenters. The fourth-order valence-electron chi connectivity index (χ4n) is 2.58. The standard InChI is InChI=1S/C16H16N4O4/c1-3-24-16(23)14-11(17)8-13(21)20(14)19-9(2)18-12-7-5-4-6-10(12)15(19)22/h4-8,21H,3,17H2,1-2H3. The summed E-state index contributed by atoms with van der Waals surface area (Å²) in [5.74, 6) is -0.817. The van der Waals surface area contributed by atoms with Gasteiger partial charge in [-0.15, -0.1) is 0 Å². The van der Waals surface area contributed by atoms with E-state index in [-0.39, 0.29) is 29.7 Å². The lowest BCUT2D eigenvalue weighted by atomic mass is 10.2. The maximum Gasteiger partial charge on any atom is 0.359 e. The molecule has 8 nitrogen and oxygen atoms in total. The summed E-state index contributed by atoms with van der Waals surface area (Å²) in [6, 6.07) is 8.00. The number of nitrogens with two attached hydrogens (primary N) is 1. The summed E-state index contributed by atoms with van der Waals surface area (Å²) < 4.78 is 7.08. The van der Waals surface area contributed by atoms with E-state index in [1.807, 2.05) is 0 Å². The molecule has 0 spiro atoms. The van der Waals surface area contributed by atoms with Gasteiger partial charge in [-0.25, -0.2) is 14.5 Å². The number of hydrogen-bond acceptors (Lipinski definition) is 6. The molecule has 0 saturated heterocycles. The monoisotopic (exact) mass is 328 g/mol. The van der Waals surface area contributed by atoms with Crippen molar-refractivity contribution in [3.63, 3.8) is 0 Å². The zero-order valence-electron chi connectivity index (χ0n) is 13.2. The molecule has 124 valence electrons. The third kappa shape index (κ3) is 2.28. The maximum atomic E-state index is 12.8. The summed E-state index contributed by atoms with van der Waals surface area (Å²) in [5.41, 5.74) is 5.77. The average Bonchev–Trinajstić information content (AvgIpc) is 2.82. The van der Waals surface area contributed by atoms with Crippen molar-refractivity contribution in [3.8, 4) is 5.88 Å². The van der Waals surface area contributed by atoms with Crippen LogP contribution >= 0.6 is 0 Å². The molecule has 1 aromatic carbocycles. The van der Waals surface area contributed by atoms with Crippen LogP contribution in [0.1, 0.15) is 23.2 Å². The van der Waals surface area contributed by atoms with Crippen molar-refractivity contribution < 1.29 is 14.6 Å². The van der Waals surface area contributed by atoms with Gasteiger partial charge < -0.3 is 15.6 Å². The van der Waals surface area contributed by atoms with Gasteiger partial charge in [0, 0.05) is 6.07 Å². The minimum atomic E-state index is -0.741. The van der Waals surface area contributed by atoms with Gasteiger partial charge in [-0.2, -0.15) is 4.68 Å². The number of fused-ring (bicyclic) bond motifs is 1. The van der Waals surface area contributed by atoms with Crippen LogP contribution in [-0.4, -0.2) is 32.0 Å². The first-order chi connectivity index (χ1) is 11.5. The summed E-state index contributed by atoms with van der Waals surface area (Å²) in [6.45, 7) is 3.38. The molecule has 24 heavy (non-hydrogen) atoms. The van der Waals surface area contributed by atoms with Gasteiger partial charge in [0.15, 0.2) is 5.69 Å². The van der Waals surface area contributed by atoms with Gasteiger partial charge >= 0.3 is 5.97 Å². The van der Waals surface area contributed by atoms with E-state index in [0.717, 1.165) is 9.35 Å². The molecule has 2 heterocycles. The fraction of sp³-hybridized carbons (Fsp3) is 0.188. The predicted octanol–water partition coefficient (Wildman–Crippen LogP) is 1.28. The lowest BCUT2D eigenvalue weighted by Crippen LogP contribution is -2.32. The van der Waals surface area contributed by atoms with Gasteiger partial charge in [0.2, 0.25) is 5.88 Å². The van der Waals surface area contributed by atoms with Gasteiger partial charge in [-0.05, 0) is 26.0 Å². The summed E-state index contributed by atoms with van der Waals surface area (Å²) in [7, 11) is 0. The molecule has 3 rings (SSSR count). The number of para-hydroxylation sites is 1. The normalized spacial score (nSPS) is 10.9. The highest BCUT2D eigenvalue weighted by Gasteiger charge is 2.24. The highest BCUT2D eigenvalue weighted by Crippen LogP contribution is 2.25. The van der Waals surface area contributed by atoms with Gasteiger partial charge in [0.25, 0.3) is 5.56 Å². The largest absolute Gasteiger partial charge is 0.493 e. The number of aromatic hydroxyl groups is 1. The van der Waals surface area contributed by atoms with Crippen LogP contribution in [0, 0.1) is 6.92 Å². The molecule has 3 N–H and O–H groups in total. The number of hydrogen-bond donors (Lipinski definition) is 2. The van der Waals surface area contributed by atoms with E-state index >= 15 is 0 Å². The van der Waals surface area contributed by atoms with Crippen molar-refractivity contribution in [3.05, 3.63) is 52.2 Å². The first kappa shape index (κ1) is 15.6. The first-order valence-corrected chi connectivity index (χ1v) is 7.32. The number of esters is 1. The third-order valence-electron chi connectivity index (χ3n) is 3.57. The Morgan fingerprint density at radius 2 is 2.04 bits per heavy atom. The SMILES string of the molecule is CCOC(=O)c1c(N)cc(O)n1-n1c(C)nc2ccccc2c1=O. The van der Waals surface area contributed by atoms with Gasteiger partial charge in [-0.3, -0.25) is 4.79 Å². The molecule has 0 atom stereocenters. The molecule has 0 radical (unpaired) electrons. The Morgan fingerprint density at radius 1 is 1.33 bits per heavy atom. The Labute approximate surface area is 136 Å². The van der Waals surface area contributed by atoms with Crippen LogP contribution in [0.25, 0.3) is 10.9 Å². The minimum Gasteiger partial charge on any atom is -0.493 e. The lowest BCUT2D eigenvalue weighted by molar-refractivity contribution is 0.0511. The number of aryl methyl sites for hydroxylation is 1. The van der Waals surface area contributed by atoms with E-state index in [1.165, 1.54) is 6.07 Å². The van der Waals surface area contributed by atoms with Crippen molar-refractivity contribution in [2.45, 2.75) is 13.8 Å². The van der Waals surface area contributed by atoms with Crippen molar-refractivity contribution in [2.24, 2.45) is 0 Å². The van der Waals surface area contributed by atoms with Crippen LogP contribution in [0.15, 0.2) is 35.1 Å². The molecule has 0 aliphatic carbocycles. The van der Waals surface area contributed by atoms with Crippen molar-refractivity contribution in [2.75, 3.05) is 12.3 Å². The highest BCUT2D eigenvalue weighted by molar-refractivity contribution is 5.94. The Bertz CT molecular complexity index is 1000. The Balaban J connectivity index is 2.37. The molecule has 3 aromatic rings. The lowest BCUT2D eigenvalue weighted by Gasteiger charge is -2.15. The predicted molar refractivity (Wildman–Crippen MR) is 88.0 cm³/mol. The molecule has 0 saturated carbocycles. The Hall–Kier alpha value is -3.29. The third-order valence-corrected chi connectivity index (χ3v) is 3.57. The number of benzene rings is 1. The number of ether oxygens (including phenoxy) is 1. The van der Waals surface area contributed by atoms with Crippen molar-refractivity contribution >= 4 is 22.6 Å². The van der Waals surface area contributed by atoms with Gasteiger partial charge in [-0.1, -0.05) is 12.1 Å². The van der Waals surface area contributed by atoms with Crippen LogP contribution in [0.3, 0.4) is 0 Å². The molecular formula is C16H16N4O4. The fourth-order valence-corrected chi connectivity index (χ4v) is 2.58. The van der Waals surface area contributed by atoms with Crippen molar-refractivity contribution in [1.82, 2.24) is 14.3 Å². The second kappa shape index (κ2) is 5.73. The summed E-state index contributed by atoms with van der Waals surface area (Å²) in [5, 5.41) is 10.5. The topological polar surface area (TPSA) is 112 Å². The van der Waals surface area contributed by atoms with Crippen LogP contribution in [0.4, 0.5) is 5.69 Å². The number of nitrogen functional groups attached to an aromatic ring is 1. The number of carbonyl (C=O) groups excluding carboxylic acids is 1. The summed E-state index contributed by atoms with van der Waals surface area (Å²) in [6.07, 6.45) is 0. The quantitative estimate of drug-likeness (QED) is 0.700. The van der Waals surface area contributed by atoms with E-state index < -0.39 is 11.5 Å². The zero-order valence-corrected chi connectivity index (χ0v) is 13.2. The number of nitrogens with zero attached hydrogens (tertiary/aromatic N) is 3. The number of rotatable bonds is 3. The molecular weight excluding hydrogens is 312 g/mol. The molecule has 0 amide bonds. The second-order valence-electron chi connectivity index (χ2n) is 5.13. The number of anilines is 1. The van der Waals surface area contributed by atoms with Gasteiger partial charge in [0.1, 0.15) is 5.82 Å². The smallest absolute Gasteiger partial charge is 0.359 e. The minimum absolute atomic E-state index is 0.00501. The highest BCUT2D eigenvalue weighted by atomic mass is 16.5. The molecule has 0 bridgehead atoms. The average molecular weight is 328 g/mol. The van der Waals surface area contributed by atoms with Crippen LogP contribution in [0.2, 0.25) is 0 Å². The van der Waals surface area contributed by atoms with E-state index in [1.54, 1.807) is 38.1 Å². The molecule has 0 aliphatic rings. The number of carbonyl (C=O) groups is 1. The van der Waals surface area contributed by atoms with E-state index in [2.05, 4.69) is 4.98 Å². The van der Waals surface area contributed by atoms with Crippen LogP contribution in [0.5, 0.6) is 5.88 Å². The molecule has 2 aromatic heterocycles. The van der Waals surface area contributed by atoms with Crippen LogP contribution < -0.4 is 11.3 Å². The maximum absolute atomic E-state index is 12.8. The van der Waals surface area contributed by atoms with E-state index in [9.17, 15) is 14.7 Å². The summed E-state index contributed by atoms with van der Waals surface area (Å²) >= 11 is 0. The zero-order chi connectivity index (χ0) is 17.4. The van der Waals surface area contributed by atoms with Gasteiger partial charge in [0.05, 0.1) is 23.2 Å². The Kier molecular flexibility index (Phi) is 3.72. The second-order valence-corrected chi connectivity index (χ2v) is 5.13. The molecule has 0 fully saturated rings. The van der Waals surface area contributed by atoms with Crippen molar-refractivity contribution in [1.29, 1.82) is 0 Å². The first-order valence-electron chi connectivity index (χ1n) is 7.32. The van der Waals surface area contributed by atoms with Crippen LogP contribution in [-0.2, 0) is 4.74 Å². The van der Waals surface area contributed by atoms with E-state index in [0.29, 0.717) is 10.9 Å².